The Kier molecular flexibility index (Phi) is 4.94. The Bertz CT molecular complexity index is 631. The highest BCUT2D eigenvalue weighted by molar-refractivity contribution is 6.22. The Morgan fingerprint density at radius 2 is 2.00 bits per heavy atom. The highest BCUT2D eigenvalue weighted by Crippen LogP contribution is 2.28. The summed E-state index contributed by atoms with van der Waals surface area (Å²) >= 11 is 0. The molecule has 24 heavy (non-hydrogen) atoms. The first-order valence-corrected chi connectivity index (χ1v) is 8.44. The SMILES string of the molecule is CCOC(=O)[C@@H]1CCCN([C@@H]2CC(=O)N(c3ccccc3)C2=O)C1. The Morgan fingerprint density at radius 1 is 1.25 bits per heavy atom. The van der Waals surface area contributed by atoms with E-state index >= 15 is 0 Å². The molecule has 2 heterocycles. The summed E-state index contributed by atoms with van der Waals surface area (Å²) in [4.78, 5) is 40.3. The predicted molar refractivity (Wildman–Crippen MR) is 88.3 cm³/mol. The van der Waals surface area contributed by atoms with Gasteiger partial charge in [-0.2, -0.15) is 0 Å². The van der Waals surface area contributed by atoms with Crippen molar-refractivity contribution >= 4 is 23.5 Å². The minimum atomic E-state index is -0.477. The number of piperidine rings is 1. The standard InChI is InChI=1S/C18H22N2O4/c1-2-24-18(23)13-7-6-10-19(12-13)15-11-16(21)20(17(15)22)14-8-4-3-5-9-14/h3-5,8-9,13,15H,2,6-7,10-12H2,1H3/t13-,15-/m1/s1. The molecule has 6 heteroatoms. The third kappa shape index (κ3) is 3.19. The normalized spacial score (nSPS) is 25.1. The number of nitrogens with zero attached hydrogens (tertiary/aromatic N) is 2. The van der Waals surface area contributed by atoms with Gasteiger partial charge in [0.2, 0.25) is 5.91 Å². The van der Waals surface area contributed by atoms with Gasteiger partial charge in [-0.1, -0.05) is 18.2 Å². The van der Waals surface area contributed by atoms with Crippen LogP contribution in [0.2, 0.25) is 0 Å². The van der Waals surface area contributed by atoms with Crippen LogP contribution in [0.1, 0.15) is 26.2 Å². The van der Waals surface area contributed by atoms with Crippen molar-refractivity contribution in [3.63, 3.8) is 0 Å². The quantitative estimate of drug-likeness (QED) is 0.619. The number of rotatable bonds is 4. The molecular weight excluding hydrogens is 308 g/mol. The number of carbonyl (C=O) groups is 3. The number of esters is 1. The second-order valence-electron chi connectivity index (χ2n) is 6.21. The van der Waals surface area contributed by atoms with E-state index in [0.717, 1.165) is 19.4 Å². The molecule has 0 bridgehead atoms. The fraction of sp³-hybridized carbons (Fsp3) is 0.500. The number of ether oxygens (including phenoxy) is 1. The van der Waals surface area contributed by atoms with Gasteiger partial charge in [0, 0.05) is 6.54 Å². The minimum Gasteiger partial charge on any atom is -0.466 e. The van der Waals surface area contributed by atoms with Crippen molar-refractivity contribution in [1.29, 1.82) is 0 Å². The molecule has 2 atom stereocenters. The topological polar surface area (TPSA) is 66.9 Å². The number of hydrogen-bond donors (Lipinski definition) is 0. The molecule has 1 aromatic carbocycles. The van der Waals surface area contributed by atoms with Crippen LogP contribution in [0, 0.1) is 5.92 Å². The van der Waals surface area contributed by atoms with E-state index in [1.54, 1.807) is 31.2 Å². The van der Waals surface area contributed by atoms with Crippen LogP contribution in [0.3, 0.4) is 0 Å². The lowest BCUT2D eigenvalue weighted by Crippen LogP contribution is -2.48. The zero-order valence-corrected chi connectivity index (χ0v) is 13.8. The van der Waals surface area contributed by atoms with Crippen LogP contribution in [0.15, 0.2) is 30.3 Å². The van der Waals surface area contributed by atoms with Crippen LogP contribution in [0.5, 0.6) is 0 Å². The zero-order valence-electron chi connectivity index (χ0n) is 13.8. The van der Waals surface area contributed by atoms with Gasteiger partial charge in [0.15, 0.2) is 0 Å². The van der Waals surface area contributed by atoms with Crippen molar-refractivity contribution in [2.75, 3.05) is 24.6 Å². The molecule has 2 aliphatic rings. The van der Waals surface area contributed by atoms with Crippen LogP contribution in [0.25, 0.3) is 0 Å². The maximum Gasteiger partial charge on any atom is 0.310 e. The summed E-state index contributed by atoms with van der Waals surface area (Å²) in [6.07, 6.45) is 1.77. The van der Waals surface area contributed by atoms with E-state index in [0.29, 0.717) is 18.8 Å². The zero-order chi connectivity index (χ0) is 17.1. The summed E-state index contributed by atoms with van der Waals surface area (Å²) in [6.45, 7) is 3.35. The first kappa shape index (κ1) is 16.6. The Labute approximate surface area is 141 Å². The molecule has 0 saturated carbocycles. The minimum absolute atomic E-state index is 0.170. The molecule has 0 spiro atoms. The van der Waals surface area contributed by atoms with Crippen LogP contribution < -0.4 is 4.90 Å². The lowest BCUT2D eigenvalue weighted by Gasteiger charge is -2.34. The summed E-state index contributed by atoms with van der Waals surface area (Å²) in [6, 6.07) is 8.50. The number of carbonyl (C=O) groups excluding carboxylic acids is 3. The molecule has 0 aromatic heterocycles. The molecule has 2 aliphatic heterocycles. The van der Waals surface area contributed by atoms with Crippen LogP contribution in [-0.2, 0) is 19.1 Å². The van der Waals surface area contributed by atoms with Gasteiger partial charge >= 0.3 is 5.97 Å². The highest BCUT2D eigenvalue weighted by Gasteiger charge is 2.44. The molecule has 3 rings (SSSR count). The average Bonchev–Trinajstić information content (AvgIpc) is 2.90. The second kappa shape index (κ2) is 7.13. The van der Waals surface area contributed by atoms with Crippen molar-refractivity contribution in [3.05, 3.63) is 30.3 Å². The molecule has 0 N–H and O–H groups in total. The van der Waals surface area contributed by atoms with Crippen molar-refractivity contribution in [2.45, 2.75) is 32.2 Å². The van der Waals surface area contributed by atoms with Gasteiger partial charge in [0.1, 0.15) is 0 Å². The first-order valence-electron chi connectivity index (χ1n) is 8.44. The maximum absolute atomic E-state index is 12.8. The van der Waals surface area contributed by atoms with E-state index in [2.05, 4.69) is 0 Å². The van der Waals surface area contributed by atoms with Gasteiger partial charge in [0.05, 0.1) is 30.7 Å². The van der Waals surface area contributed by atoms with E-state index in [4.69, 9.17) is 4.74 Å². The Hall–Kier alpha value is -2.21. The molecule has 0 radical (unpaired) electrons. The van der Waals surface area contributed by atoms with Crippen molar-refractivity contribution in [1.82, 2.24) is 4.90 Å². The molecule has 0 unspecified atom stereocenters. The van der Waals surface area contributed by atoms with Gasteiger partial charge in [0.25, 0.3) is 5.91 Å². The van der Waals surface area contributed by atoms with Gasteiger partial charge in [-0.15, -0.1) is 0 Å². The molecule has 2 saturated heterocycles. The van der Waals surface area contributed by atoms with Crippen LogP contribution in [0.4, 0.5) is 5.69 Å². The monoisotopic (exact) mass is 330 g/mol. The number of imide groups is 1. The van der Waals surface area contributed by atoms with Gasteiger partial charge < -0.3 is 4.74 Å². The van der Waals surface area contributed by atoms with E-state index < -0.39 is 6.04 Å². The molecule has 2 amide bonds. The van der Waals surface area contributed by atoms with Gasteiger partial charge in [-0.3, -0.25) is 19.3 Å². The molecule has 1 aromatic rings. The lowest BCUT2D eigenvalue weighted by atomic mass is 9.96. The largest absolute Gasteiger partial charge is 0.466 e. The summed E-state index contributed by atoms with van der Waals surface area (Å²) < 4.78 is 5.10. The van der Waals surface area contributed by atoms with Gasteiger partial charge in [-0.05, 0) is 38.4 Å². The summed E-state index contributed by atoms with van der Waals surface area (Å²) in [5, 5.41) is 0. The molecule has 0 aliphatic carbocycles. The van der Waals surface area contributed by atoms with E-state index in [9.17, 15) is 14.4 Å². The van der Waals surface area contributed by atoms with E-state index in [1.807, 2.05) is 11.0 Å². The molecule has 128 valence electrons. The summed E-state index contributed by atoms with van der Waals surface area (Å²) in [5.41, 5.74) is 0.606. The maximum atomic E-state index is 12.8. The molecule has 2 fully saturated rings. The summed E-state index contributed by atoms with van der Waals surface area (Å²) in [5.74, 6) is -0.809. The van der Waals surface area contributed by atoms with Crippen molar-refractivity contribution in [2.24, 2.45) is 5.92 Å². The second-order valence-corrected chi connectivity index (χ2v) is 6.21. The van der Waals surface area contributed by atoms with Crippen molar-refractivity contribution < 1.29 is 19.1 Å². The van der Waals surface area contributed by atoms with Crippen molar-refractivity contribution in [3.8, 4) is 0 Å². The summed E-state index contributed by atoms with van der Waals surface area (Å²) in [7, 11) is 0. The third-order valence-corrected chi connectivity index (χ3v) is 4.65. The third-order valence-electron chi connectivity index (χ3n) is 4.65. The highest BCUT2D eigenvalue weighted by atomic mass is 16.5. The fourth-order valence-corrected chi connectivity index (χ4v) is 3.49. The number of hydrogen-bond acceptors (Lipinski definition) is 5. The Balaban J connectivity index is 1.72. The predicted octanol–water partition coefficient (Wildman–Crippen LogP) is 1.59. The van der Waals surface area contributed by atoms with Gasteiger partial charge in [-0.25, -0.2) is 4.90 Å². The average molecular weight is 330 g/mol. The number of likely N-dealkylation sites (tertiary alicyclic amines) is 1. The lowest BCUT2D eigenvalue weighted by molar-refractivity contribution is -0.150. The number of para-hydroxylation sites is 1. The smallest absolute Gasteiger partial charge is 0.310 e. The molecule has 6 nitrogen and oxygen atoms in total. The molecular formula is C18H22N2O4. The number of anilines is 1. The first-order chi connectivity index (χ1) is 11.6. The van der Waals surface area contributed by atoms with Crippen LogP contribution in [-0.4, -0.2) is 48.4 Å². The Morgan fingerprint density at radius 3 is 2.71 bits per heavy atom. The van der Waals surface area contributed by atoms with E-state index in [1.165, 1.54) is 4.90 Å². The fourth-order valence-electron chi connectivity index (χ4n) is 3.49. The number of benzene rings is 1. The number of amides is 2. The van der Waals surface area contributed by atoms with E-state index in [-0.39, 0.29) is 30.1 Å². The van der Waals surface area contributed by atoms with Crippen LogP contribution >= 0.6 is 0 Å².